The molecule has 1 fully saturated rings. The summed E-state index contributed by atoms with van der Waals surface area (Å²) in [5.74, 6) is 0.958. The molecule has 4 nitrogen and oxygen atoms in total. The molecular formula is C22H25N3OS2. The summed E-state index contributed by atoms with van der Waals surface area (Å²) < 4.78 is 10.2. The number of piperazine rings is 1. The molecule has 0 saturated carbocycles. The van der Waals surface area contributed by atoms with Gasteiger partial charge in [-0.25, -0.2) is 0 Å². The first-order valence-electron chi connectivity index (χ1n) is 9.47. The molecule has 2 aromatic carbocycles. The van der Waals surface area contributed by atoms with Gasteiger partial charge in [0.05, 0.1) is 17.0 Å². The lowest BCUT2D eigenvalue weighted by molar-refractivity contribution is 0.249. The van der Waals surface area contributed by atoms with Crippen LogP contribution in [0.4, 0.5) is 11.4 Å². The van der Waals surface area contributed by atoms with Gasteiger partial charge in [-0.1, -0.05) is 30.3 Å². The number of benzene rings is 2. The molecule has 6 heteroatoms. The standard InChI is InChI=1S/C22H25N3OS2/c1-26-21-6-3-2-5-20(21)25-14-12-24(13-15-25)17-18-8-10-19(11-9-18)23-28-22-7-4-16-27-22/h2-11,16,23H,12-15,17H2,1H3. The lowest BCUT2D eigenvalue weighted by Crippen LogP contribution is -2.46. The van der Waals surface area contributed by atoms with E-state index in [4.69, 9.17) is 4.74 Å². The number of nitrogens with zero attached hydrogens (tertiary/aromatic N) is 2. The molecule has 0 spiro atoms. The van der Waals surface area contributed by atoms with Crippen molar-refractivity contribution in [2.24, 2.45) is 0 Å². The molecule has 1 saturated heterocycles. The Hall–Kier alpha value is -2.15. The Morgan fingerprint density at radius 2 is 1.75 bits per heavy atom. The van der Waals surface area contributed by atoms with E-state index in [1.54, 1.807) is 30.4 Å². The minimum absolute atomic E-state index is 0.958. The van der Waals surface area contributed by atoms with Crippen LogP contribution in [0.5, 0.6) is 5.75 Å². The lowest BCUT2D eigenvalue weighted by Gasteiger charge is -2.36. The summed E-state index contributed by atoms with van der Waals surface area (Å²) in [6, 6.07) is 21.3. The van der Waals surface area contributed by atoms with E-state index < -0.39 is 0 Å². The molecule has 0 aliphatic carbocycles. The van der Waals surface area contributed by atoms with Crippen molar-refractivity contribution in [3.8, 4) is 5.75 Å². The van der Waals surface area contributed by atoms with E-state index in [-0.39, 0.29) is 0 Å². The number of thiophene rings is 1. The Kier molecular flexibility index (Phi) is 6.41. The largest absolute Gasteiger partial charge is 0.495 e. The fourth-order valence-electron chi connectivity index (χ4n) is 3.41. The van der Waals surface area contributed by atoms with Gasteiger partial charge in [0.1, 0.15) is 5.75 Å². The van der Waals surface area contributed by atoms with Crippen molar-refractivity contribution in [1.82, 2.24) is 4.90 Å². The zero-order valence-electron chi connectivity index (χ0n) is 16.0. The smallest absolute Gasteiger partial charge is 0.142 e. The van der Waals surface area contributed by atoms with E-state index in [0.717, 1.165) is 44.2 Å². The zero-order valence-corrected chi connectivity index (χ0v) is 17.6. The Labute approximate surface area is 175 Å². The second kappa shape index (κ2) is 9.37. The first kappa shape index (κ1) is 19.2. The third-order valence-corrected chi connectivity index (χ3v) is 6.80. The van der Waals surface area contributed by atoms with Gasteiger partial charge in [-0.15, -0.1) is 11.3 Å². The second-order valence-corrected chi connectivity index (χ2v) is 8.82. The predicted molar refractivity (Wildman–Crippen MR) is 121 cm³/mol. The molecule has 1 aliphatic rings. The first-order chi connectivity index (χ1) is 13.8. The summed E-state index contributed by atoms with van der Waals surface area (Å²) in [4.78, 5) is 4.94. The van der Waals surface area contributed by atoms with Crippen LogP contribution >= 0.6 is 23.3 Å². The molecule has 0 bridgehead atoms. The number of hydrogen-bond acceptors (Lipinski definition) is 6. The Bertz CT molecular complexity index is 860. The Balaban J connectivity index is 1.27. The zero-order chi connectivity index (χ0) is 19.2. The van der Waals surface area contributed by atoms with Crippen LogP contribution in [0, 0.1) is 0 Å². The summed E-state index contributed by atoms with van der Waals surface area (Å²) in [6.07, 6.45) is 0. The fourth-order valence-corrected chi connectivity index (χ4v) is 4.84. The highest BCUT2D eigenvalue weighted by atomic mass is 32.2. The lowest BCUT2D eigenvalue weighted by atomic mass is 10.1. The normalized spacial score (nSPS) is 14.8. The number of nitrogens with one attached hydrogen (secondary N) is 1. The third-order valence-electron chi connectivity index (χ3n) is 4.92. The summed E-state index contributed by atoms with van der Waals surface area (Å²) in [7, 11) is 1.74. The van der Waals surface area contributed by atoms with Gasteiger partial charge in [0.2, 0.25) is 0 Å². The number of ether oxygens (including phenoxy) is 1. The molecule has 1 aliphatic heterocycles. The van der Waals surface area contributed by atoms with Gasteiger partial charge in [0.15, 0.2) is 0 Å². The van der Waals surface area contributed by atoms with Crippen LogP contribution in [-0.4, -0.2) is 38.2 Å². The van der Waals surface area contributed by atoms with Gasteiger partial charge >= 0.3 is 0 Å². The van der Waals surface area contributed by atoms with Gasteiger partial charge in [0, 0.05) is 38.4 Å². The van der Waals surface area contributed by atoms with E-state index in [1.165, 1.54) is 15.5 Å². The Morgan fingerprint density at radius 1 is 0.964 bits per heavy atom. The highest BCUT2D eigenvalue weighted by Crippen LogP contribution is 2.29. The molecule has 1 aromatic heterocycles. The van der Waals surface area contributed by atoms with Crippen LogP contribution in [0.1, 0.15) is 5.56 Å². The van der Waals surface area contributed by atoms with Crippen molar-refractivity contribution >= 4 is 34.7 Å². The number of anilines is 2. The maximum atomic E-state index is 5.51. The average Bonchev–Trinajstić information content (AvgIpc) is 3.27. The summed E-state index contributed by atoms with van der Waals surface area (Å²) >= 11 is 3.42. The molecular weight excluding hydrogens is 386 g/mol. The highest BCUT2D eigenvalue weighted by molar-refractivity contribution is 8.02. The predicted octanol–water partition coefficient (Wildman–Crippen LogP) is 5.20. The molecule has 146 valence electrons. The van der Waals surface area contributed by atoms with Crippen LogP contribution in [-0.2, 0) is 6.54 Å². The van der Waals surface area contributed by atoms with Crippen molar-refractivity contribution in [3.05, 3.63) is 71.6 Å². The number of hydrogen-bond donors (Lipinski definition) is 1. The molecule has 1 N–H and O–H groups in total. The van der Waals surface area contributed by atoms with Gasteiger partial charge in [-0.3, -0.25) is 4.90 Å². The molecule has 0 atom stereocenters. The summed E-state index contributed by atoms with van der Waals surface area (Å²) in [6.45, 7) is 5.17. The number of methoxy groups -OCH3 is 1. The first-order valence-corrected chi connectivity index (χ1v) is 11.2. The van der Waals surface area contributed by atoms with Gasteiger partial charge in [-0.2, -0.15) is 0 Å². The van der Waals surface area contributed by atoms with E-state index in [1.807, 2.05) is 12.1 Å². The molecule has 2 heterocycles. The molecule has 0 radical (unpaired) electrons. The van der Waals surface area contributed by atoms with Crippen LogP contribution < -0.4 is 14.4 Å². The van der Waals surface area contributed by atoms with E-state index in [2.05, 4.69) is 68.4 Å². The number of para-hydroxylation sites is 2. The second-order valence-electron chi connectivity index (χ2n) is 6.77. The summed E-state index contributed by atoms with van der Waals surface area (Å²) in [5, 5.41) is 2.10. The van der Waals surface area contributed by atoms with Gasteiger partial charge in [-0.05, 0) is 53.2 Å². The van der Waals surface area contributed by atoms with Crippen molar-refractivity contribution < 1.29 is 4.74 Å². The average molecular weight is 412 g/mol. The van der Waals surface area contributed by atoms with E-state index in [0.29, 0.717) is 0 Å². The van der Waals surface area contributed by atoms with Crippen LogP contribution in [0.3, 0.4) is 0 Å². The van der Waals surface area contributed by atoms with Crippen LogP contribution in [0.2, 0.25) is 0 Å². The SMILES string of the molecule is COc1ccccc1N1CCN(Cc2ccc(NSc3cccs3)cc2)CC1. The van der Waals surface area contributed by atoms with E-state index >= 15 is 0 Å². The van der Waals surface area contributed by atoms with Crippen molar-refractivity contribution in [3.63, 3.8) is 0 Å². The fraction of sp³-hybridized carbons (Fsp3) is 0.273. The molecule has 0 amide bonds. The molecule has 4 rings (SSSR count). The minimum Gasteiger partial charge on any atom is -0.495 e. The third kappa shape index (κ3) is 4.82. The molecule has 3 aromatic rings. The van der Waals surface area contributed by atoms with Crippen molar-refractivity contribution in [1.29, 1.82) is 0 Å². The van der Waals surface area contributed by atoms with Crippen LogP contribution in [0.15, 0.2) is 70.3 Å². The van der Waals surface area contributed by atoms with Gasteiger partial charge in [0.25, 0.3) is 0 Å². The topological polar surface area (TPSA) is 27.7 Å². The maximum Gasteiger partial charge on any atom is 0.142 e. The Morgan fingerprint density at radius 3 is 2.46 bits per heavy atom. The summed E-state index contributed by atoms with van der Waals surface area (Å²) in [5.41, 5.74) is 3.70. The van der Waals surface area contributed by atoms with Crippen LogP contribution in [0.25, 0.3) is 0 Å². The monoisotopic (exact) mass is 411 g/mol. The maximum absolute atomic E-state index is 5.51. The van der Waals surface area contributed by atoms with Gasteiger partial charge < -0.3 is 14.4 Å². The minimum atomic E-state index is 0.958. The molecule has 28 heavy (non-hydrogen) atoms. The van der Waals surface area contributed by atoms with Crippen molar-refractivity contribution in [2.45, 2.75) is 10.8 Å². The number of rotatable bonds is 7. The van der Waals surface area contributed by atoms with Crippen molar-refractivity contribution in [2.75, 3.05) is 42.9 Å². The highest BCUT2D eigenvalue weighted by Gasteiger charge is 2.19. The quantitative estimate of drug-likeness (QED) is 0.540. The molecule has 0 unspecified atom stereocenters. The van der Waals surface area contributed by atoms with E-state index in [9.17, 15) is 0 Å².